The van der Waals surface area contributed by atoms with Gasteiger partial charge in [0.1, 0.15) is 5.82 Å². The first kappa shape index (κ1) is 18.8. The van der Waals surface area contributed by atoms with Gasteiger partial charge < -0.3 is 14.8 Å². The summed E-state index contributed by atoms with van der Waals surface area (Å²) in [7, 11) is 1.15. The molecule has 0 fully saturated rings. The van der Waals surface area contributed by atoms with Crippen LogP contribution < -0.4 is 10.1 Å². The van der Waals surface area contributed by atoms with Crippen LogP contribution in [0.3, 0.4) is 0 Å². The maximum atomic E-state index is 13.1. The molecule has 0 aliphatic carbocycles. The number of nitro benzene ring substituents is 1. The smallest absolute Gasteiger partial charge is 0.338 e. The Morgan fingerprint density at radius 1 is 1.23 bits per heavy atom. The first-order valence-electron chi connectivity index (χ1n) is 7.41. The number of ether oxygens (including phenoxy) is 2. The molecular formula is C17H15FN2O6. The van der Waals surface area contributed by atoms with Gasteiger partial charge in [-0.1, -0.05) is 6.07 Å². The lowest BCUT2D eigenvalue weighted by molar-refractivity contribution is -0.386. The minimum atomic E-state index is -1.11. The van der Waals surface area contributed by atoms with Crippen molar-refractivity contribution < 1.29 is 28.4 Å². The van der Waals surface area contributed by atoms with Crippen LogP contribution in [0.1, 0.15) is 17.3 Å². The Balaban J connectivity index is 2.17. The summed E-state index contributed by atoms with van der Waals surface area (Å²) in [4.78, 5) is 34.1. The van der Waals surface area contributed by atoms with Crippen molar-refractivity contribution in [3.05, 3.63) is 64.0 Å². The van der Waals surface area contributed by atoms with E-state index in [0.717, 1.165) is 19.2 Å². The molecule has 136 valence electrons. The van der Waals surface area contributed by atoms with Gasteiger partial charge in [-0.15, -0.1) is 0 Å². The normalized spacial score (nSPS) is 11.3. The van der Waals surface area contributed by atoms with Gasteiger partial charge >= 0.3 is 11.7 Å². The SMILES string of the molecule is COC(=O)c1ccc(O[C@H](C)C(=O)Nc2cccc(F)c2)c([N+](=O)[O-])c1. The van der Waals surface area contributed by atoms with Crippen LogP contribution in [-0.4, -0.2) is 30.0 Å². The summed E-state index contributed by atoms with van der Waals surface area (Å²) in [6.07, 6.45) is -1.11. The van der Waals surface area contributed by atoms with Gasteiger partial charge in [-0.2, -0.15) is 0 Å². The number of hydrogen-bond donors (Lipinski definition) is 1. The van der Waals surface area contributed by atoms with Crippen LogP contribution in [0.5, 0.6) is 5.75 Å². The monoisotopic (exact) mass is 362 g/mol. The molecular weight excluding hydrogens is 347 g/mol. The number of rotatable bonds is 6. The van der Waals surface area contributed by atoms with E-state index in [9.17, 15) is 24.1 Å². The molecule has 8 nitrogen and oxygen atoms in total. The zero-order chi connectivity index (χ0) is 19.3. The van der Waals surface area contributed by atoms with Crippen LogP contribution in [-0.2, 0) is 9.53 Å². The molecule has 0 spiro atoms. The summed E-state index contributed by atoms with van der Waals surface area (Å²) >= 11 is 0. The topological polar surface area (TPSA) is 108 Å². The molecule has 9 heteroatoms. The van der Waals surface area contributed by atoms with E-state index in [1.54, 1.807) is 0 Å². The van der Waals surface area contributed by atoms with Crippen molar-refractivity contribution >= 4 is 23.3 Å². The summed E-state index contributed by atoms with van der Waals surface area (Å²) in [6, 6.07) is 8.74. The molecule has 0 bridgehead atoms. The van der Waals surface area contributed by atoms with E-state index in [-0.39, 0.29) is 17.0 Å². The third-order valence-electron chi connectivity index (χ3n) is 3.34. The van der Waals surface area contributed by atoms with Crippen molar-refractivity contribution in [2.45, 2.75) is 13.0 Å². The summed E-state index contributed by atoms with van der Waals surface area (Å²) < 4.78 is 23.0. The number of carbonyl (C=O) groups excluding carboxylic acids is 2. The van der Waals surface area contributed by atoms with E-state index in [2.05, 4.69) is 10.1 Å². The number of halogens is 1. The highest BCUT2D eigenvalue weighted by Crippen LogP contribution is 2.29. The summed E-state index contributed by atoms with van der Waals surface area (Å²) in [5.74, 6) is -2.08. The lowest BCUT2D eigenvalue weighted by Crippen LogP contribution is -2.30. The van der Waals surface area contributed by atoms with E-state index in [1.165, 1.54) is 37.3 Å². The van der Waals surface area contributed by atoms with Crippen molar-refractivity contribution in [2.24, 2.45) is 0 Å². The Hall–Kier alpha value is -3.49. The molecule has 0 aromatic heterocycles. The first-order chi connectivity index (χ1) is 12.3. The summed E-state index contributed by atoms with van der Waals surface area (Å²) in [6.45, 7) is 1.38. The Morgan fingerprint density at radius 3 is 2.58 bits per heavy atom. The minimum Gasteiger partial charge on any atom is -0.474 e. The van der Waals surface area contributed by atoms with Gasteiger partial charge in [0.25, 0.3) is 5.91 Å². The number of esters is 1. The molecule has 0 heterocycles. The average Bonchev–Trinajstić information content (AvgIpc) is 2.61. The number of carbonyl (C=O) groups is 2. The Labute approximate surface area is 147 Å². The molecule has 2 rings (SSSR count). The zero-order valence-electron chi connectivity index (χ0n) is 13.9. The quantitative estimate of drug-likeness (QED) is 0.481. The fourth-order valence-electron chi connectivity index (χ4n) is 2.06. The molecule has 26 heavy (non-hydrogen) atoms. The average molecular weight is 362 g/mol. The number of nitrogens with one attached hydrogen (secondary N) is 1. The number of nitrogens with zero attached hydrogens (tertiary/aromatic N) is 1. The molecule has 1 amide bonds. The van der Waals surface area contributed by atoms with E-state index in [0.29, 0.717) is 0 Å². The van der Waals surface area contributed by atoms with Crippen molar-refractivity contribution in [3.63, 3.8) is 0 Å². The predicted molar refractivity (Wildman–Crippen MR) is 89.6 cm³/mol. The minimum absolute atomic E-state index is 0.0246. The third kappa shape index (κ3) is 4.53. The summed E-state index contributed by atoms with van der Waals surface area (Å²) in [5.41, 5.74) is -0.289. The first-order valence-corrected chi connectivity index (χ1v) is 7.41. The van der Waals surface area contributed by atoms with Gasteiger partial charge in [0.05, 0.1) is 17.6 Å². The summed E-state index contributed by atoms with van der Waals surface area (Å²) in [5, 5.41) is 13.6. The molecule has 0 aliphatic heterocycles. The Bertz CT molecular complexity index is 855. The van der Waals surface area contributed by atoms with E-state index < -0.39 is 34.4 Å². The largest absolute Gasteiger partial charge is 0.474 e. The molecule has 2 aromatic carbocycles. The van der Waals surface area contributed by atoms with Gasteiger partial charge in [0, 0.05) is 11.8 Å². The number of methoxy groups -OCH3 is 1. The predicted octanol–water partition coefficient (Wildman–Crippen LogP) is 2.93. The second-order valence-corrected chi connectivity index (χ2v) is 5.19. The highest BCUT2D eigenvalue weighted by molar-refractivity contribution is 5.94. The van der Waals surface area contributed by atoms with Crippen LogP contribution in [0, 0.1) is 15.9 Å². The van der Waals surface area contributed by atoms with Gasteiger partial charge in [-0.05, 0) is 37.3 Å². The van der Waals surface area contributed by atoms with Crippen LogP contribution in [0.15, 0.2) is 42.5 Å². The van der Waals surface area contributed by atoms with E-state index in [4.69, 9.17) is 4.74 Å². The molecule has 0 aliphatic rings. The fourth-order valence-corrected chi connectivity index (χ4v) is 2.06. The number of benzene rings is 2. The van der Waals surface area contributed by atoms with Crippen molar-refractivity contribution in [2.75, 3.05) is 12.4 Å². The Kier molecular flexibility index (Phi) is 5.84. The second-order valence-electron chi connectivity index (χ2n) is 5.19. The maximum Gasteiger partial charge on any atom is 0.338 e. The van der Waals surface area contributed by atoms with Crippen LogP contribution in [0.2, 0.25) is 0 Å². The molecule has 0 radical (unpaired) electrons. The number of nitro groups is 1. The molecule has 0 unspecified atom stereocenters. The maximum absolute atomic E-state index is 13.1. The van der Waals surface area contributed by atoms with Crippen LogP contribution in [0.25, 0.3) is 0 Å². The lowest BCUT2D eigenvalue weighted by atomic mass is 10.2. The van der Waals surface area contributed by atoms with Gasteiger partial charge in [0.15, 0.2) is 11.9 Å². The lowest BCUT2D eigenvalue weighted by Gasteiger charge is -2.15. The van der Waals surface area contributed by atoms with Crippen molar-refractivity contribution in [1.29, 1.82) is 0 Å². The zero-order valence-corrected chi connectivity index (χ0v) is 13.9. The van der Waals surface area contributed by atoms with Crippen LogP contribution in [0.4, 0.5) is 15.8 Å². The van der Waals surface area contributed by atoms with Crippen LogP contribution >= 0.6 is 0 Å². The van der Waals surface area contributed by atoms with Crippen molar-refractivity contribution in [3.8, 4) is 5.75 Å². The van der Waals surface area contributed by atoms with Crippen molar-refractivity contribution in [1.82, 2.24) is 0 Å². The highest BCUT2D eigenvalue weighted by atomic mass is 19.1. The third-order valence-corrected chi connectivity index (χ3v) is 3.34. The number of hydrogen-bond acceptors (Lipinski definition) is 6. The van der Waals surface area contributed by atoms with Gasteiger partial charge in [0.2, 0.25) is 0 Å². The Morgan fingerprint density at radius 2 is 1.96 bits per heavy atom. The van der Waals surface area contributed by atoms with Gasteiger partial charge in [-0.25, -0.2) is 9.18 Å². The molecule has 1 atom stereocenters. The molecule has 0 saturated carbocycles. The van der Waals surface area contributed by atoms with Gasteiger partial charge in [-0.3, -0.25) is 14.9 Å². The standard InChI is InChI=1S/C17H15FN2O6/c1-10(16(21)19-13-5-3-4-12(18)9-13)26-15-7-6-11(17(22)25-2)8-14(15)20(23)24/h3-10H,1-2H3,(H,19,21)/t10-/m1/s1. The van der Waals surface area contributed by atoms with E-state index >= 15 is 0 Å². The van der Waals surface area contributed by atoms with E-state index in [1.807, 2.05) is 0 Å². The molecule has 0 saturated heterocycles. The number of anilines is 1. The number of amides is 1. The second kappa shape index (κ2) is 8.06. The molecule has 1 N–H and O–H groups in total. The fraction of sp³-hybridized carbons (Fsp3) is 0.176. The highest BCUT2D eigenvalue weighted by Gasteiger charge is 2.23. The molecule has 2 aromatic rings.